The second kappa shape index (κ2) is 12.4. The number of nitrogens with zero attached hydrogens (tertiary/aromatic N) is 1. The van der Waals surface area contributed by atoms with Crippen LogP contribution in [0.15, 0.2) is 48.7 Å². The van der Waals surface area contributed by atoms with Crippen LogP contribution in [0.25, 0.3) is 0 Å². The number of carbonyl (C=O) groups is 4. The molecule has 4 rings (SSSR count). The molecule has 3 heterocycles. The molecule has 0 saturated carbocycles. The van der Waals surface area contributed by atoms with Gasteiger partial charge < -0.3 is 30.9 Å². The first-order valence-corrected chi connectivity index (χ1v) is 13.1. The fourth-order valence-electron chi connectivity index (χ4n) is 4.89. The number of ketones is 1. The van der Waals surface area contributed by atoms with Crippen LogP contribution in [0.2, 0.25) is 0 Å². The average molecular weight is 539 g/mol. The van der Waals surface area contributed by atoms with Gasteiger partial charge in [-0.1, -0.05) is 44.2 Å². The lowest BCUT2D eigenvalue weighted by Gasteiger charge is -2.37. The molecular weight excluding hydrogens is 504 g/mol. The van der Waals surface area contributed by atoms with Crippen LogP contribution in [-0.2, 0) is 25.5 Å². The number of nitrogens with one attached hydrogen (secondary N) is 3. The summed E-state index contributed by atoms with van der Waals surface area (Å²) in [6.07, 6.45) is 0.180. The number of pyridine rings is 1. The molecule has 0 bridgehead atoms. The molecule has 1 aromatic carbocycles. The van der Waals surface area contributed by atoms with Crippen LogP contribution in [0.4, 0.5) is 0 Å². The Bertz CT molecular complexity index is 1200. The summed E-state index contributed by atoms with van der Waals surface area (Å²) in [5.41, 5.74) is 0.557. The minimum atomic E-state index is -1.31. The summed E-state index contributed by atoms with van der Waals surface area (Å²) in [5.74, 6) is -4.33. The molecule has 0 spiro atoms. The van der Waals surface area contributed by atoms with E-state index in [0.717, 1.165) is 5.56 Å². The summed E-state index contributed by atoms with van der Waals surface area (Å²) in [4.78, 5) is 57.0. The van der Waals surface area contributed by atoms with Crippen LogP contribution in [-0.4, -0.2) is 75.6 Å². The number of carbonyl (C=O) groups excluding carboxylic acids is 4. The molecule has 2 fully saturated rings. The van der Waals surface area contributed by atoms with Gasteiger partial charge in [-0.15, -0.1) is 0 Å². The highest BCUT2D eigenvalue weighted by atomic mass is 16.5. The first-order valence-electron chi connectivity index (χ1n) is 13.1. The van der Waals surface area contributed by atoms with Crippen molar-refractivity contribution in [2.24, 2.45) is 11.8 Å². The van der Waals surface area contributed by atoms with Crippen molar-refractivity contribution in [2.75, 3.05) is 6.61 Å². The van der Waals surface area contributed by atoms with Gasteiger partial charge in [0.1, 0.15) is 17.8 Å². The lowest BCUT2D eigenvalue weighted by atomic mass is 9.86. The molecule has 5 N–H and O–H groups in total. The van der Waals surface area contributed by atoms with Gasteiger partial charge in [0.25, 0.3) is 5.91 Å². The van der Waals surface area contributed by atoms with Crippen LogP contribution >= 0.6 is 0 Å². The van der Waals surface area contributed by atoms with Gasteiger partial charge in [0.15, 0.2) is 11.5 Å². The SMILES string of the molecule is C[C@H]1CC(=O)C(C2CCO2)NC(=O)[C@H](C)[C@H](O)[C@H](Cc2ccccc2)NC(=O)[C@H]1NC(=O)c1ncccc1O. The van der Waals surface area contributed by atoms with Crippen molar-refractivity contribution < 1.29 is 34.1 Å². The van der Waals surface area contributed by atoms with Gasteiger partial charge in [0, 0.05) is 19.2 Å². The molecule has 2 saturated heterocycles. The fraction of sp³-hybridized carbons (Fsp3) is 0.464. The number of Topliss-reactive ketones (excluding diaryl/α,β-unsaturated/α-hetero) is 1. The van der Waals surface area contributed by atoms with Crippen molar-refractivity contribution in [3.8, 4) is 5.75 Å². The standard InChI is InChI=1S/C28H34N4O7/c1-15-13-20(34)23(21-10-12-39-21)32-26(36)16(2)25(35)18(14-17-7-4-3-5-8-17)30-27(37)22(15)31-28(38)24-19(33)9-6-11-29-24/h3-9,11,15-16,18,21-23,25,33,35H,10,12-14H2,1-2H3,(H,30,37)(H,31,38)(H,32,36)/t15-,16+,18-,21?,22-,23?,25-/m0/s1. The molecular formula is C28H34N4O7. The number of aromatic nitrogens is 1. The summed E-state index contributed by atoms with van der Waals surface area (Å²) in [5, 5.41) is 29.5. The summed E-state index contributed by atoms with van der Waals surface area (Å²) < 4.78 is 5.51. The van der Waals surface area contributed by atoms with Crippen molar-refractivity contribution in [3.63, 3.8) is 0 Å². The van der Waals surface area contributed by atoms with Crippen molar-refractivity contribution >= 4 is 23.5 Å². The van der Waals surface area contributed by atoms with Crippen molar-refractivity contribution in [3.05, 3.63) is 59.9 Å². The van der Waals surface area contributed by atoms with Gasteiger partial charge in [-0.25, -0.2) is 4.98 Å². The Hall–Kier alpha value is -3.83. The molecule has 1 aromatic heterocycles. The number of benzene rings is 1. The zero-order valence-corrected chi connectivity index (χ0v) is 21.9. The predicted octanol–water partition coefficient (Wildman–Crippen LogP) is 0.493. The Morgan fingerprint density at radius 3 is 2.44 bits per heavy atom. The van der Waals surface area contributed by atoms with Crippen LogP contribution < -0.4 is 16.0 Å². The molecule has 2 unspecified atom stereocenters. The summed E-state index contributed by atoms with van der Waals surface area (Å²) >= 11 is 0. The topological polar surface area (TPSA) is 167 Å². The minimum Gasteiger partial charge on any atom is -0.505 e. The van der Waals surface area contributed by atoms with Gasteiger partial charge in [0.05, 0.1) is 24.2 Å². The zero-order valence-electron chi connectivity index (χ0n) is 21.9. The van der Waals surface area contributed by atoms with Crippen molar-refractivity contribution in [1.29, 1.82) is 0 Å². The third-order valence-corrected chi connectivity index (χ3v) is 7.38. The Morgan fingerprint density at radius 1 is 1.08 bits per heavy atom. The highest BCUT2D eigenvalue weighted by Crippen LogP contribution is 2.23. The lowest BCUT2D eigenvalue weighted by Crippen LogP contribution is -2.61. The minimum absolute atomic E-state index is 0.141. The Kier molecular flexibility index (Phi) is 8.93. The molecule has 0 aliphatic carbocycles. The average Bonchev–Trinajstić information content (AvgIpc) is 2.89. The van der Waals surface area contributed by atoms with E-state index in [1.54, 1.807) is 6.92 Å². The fourth-order valence-corrected chi connectivity index (χ4v) is 4.89. The Labute approximate surface area is 226 Å². The number of ether oxygens (including phenoxy) is 1. The van der Waals surface area contributed by atoms with Crippen LogP contribution in [0.5, 0.6) is 5.75 Å². The molecule has 2 aromatic rings. The highest BCUT2D eigenvalue weighted by Gasteiger charge is 2.41. The van der Waals surface area contributed by atoms with E-state index in [2.05, 4.69) is 20.9 Å². The first kappa shape index (κ1) is 28.2. The smallest absolute Gasteiger partial charge is 0.274 e. The second-order valence-corrected chi connectivity index (χ2v) is 10.2. The maximum absolute atomic E-state index is 13.7. The summed E-state index contributed by atoms with van der Waals surface area (Å²) in [7, 11) is 0. The summed E-state index contributed by atoms with van der Waals surface area (Å²) in [6.45, 7) is 3.63. The van der Waals surface area contributed by atoms with E-state index >= 15 is 0 Å². The largest absolute Gasteiger partial charge is 0.505 e. The Morgan fingerprint density at radius 2 is 1.79 bits per heavy atom. The molecule has 11 heteroatoms. The quantitative estimate of drug-likeness (QED) is 0.367. The molecule has 3 amide bonds. The molecule has 0 radical (unpaired) electrons. The maximum Gasteiger partial charge on any atom is 0.274 e. The van der Waals surface area contributed by atoms with Crippen LogP contribution in [0.3, 0.4) is 0 Å². The van der Waals surface area contributed by atoms with Crippen molar-refractivity contribution in [2.45, 2.75) is 63.4 Å². The van der Waals surface area contributed by atoms with E-state index in [-0.39, 0.29) is 30.1 Å². The van der Waals surface area contributed by atoms with Gasteiger partial charge in [-0.3, -0.25) is 19.2 Å². The van der Waals surface area contributed by atoms with E-state index in [1.165, 1.54) is 25.3 Å². The summed E-state index contributed by atoms with van der Waals surface area (Å²) in [6, 6.07) is 8.90. The van der Waals surface area contributed by atoms with E-state index in [1.807, 2.05) is 30.3 Å². The van der Waals surface area contributed by atoms with E-state index < -0.39 is 59.9 Å². The van der Waals surface area contributed by atoms with Crippen LogP contribution in [0.1, 0.15) is 42.7 Å². The number of hydrogen-bond acceptors (Lipinski definition) is 8. The second-order valence-electron chi connectivity index (χ2n) is 10.2. The third-order valence-electron chi connectivity index (χ3n) is 7.38. The molecule has 7 atom stereocenters. The Balaban J connectivity index is 1.67. The maximum atomic E-state index is 13.7. The highest BCUT2D eigenvalue weighted by molar-refractivity contribution is 5.98. The number of amides is 3. The number of aromatic hydroxyl groups is 1. The molecule has 2 aliphatic rings. The number of aliphatic hydroxyl groups excluding tert-OH is 1. The van der Waals surface area contributed by atoms with Gasteiger partial charge in [-0.05, 0) is 36.5 Å². The van der Waals surface area contributed by atoms with Crippen LogP contribution in [0, 0.1) is 11.8 Å². The van der Waals surface area contributed by atoms with Gasteiger partial charge in [0.2, 0.25) is 11.8 Å². The van der Waals surface area contributed by atoms with Gasteiger partial charge >= 0.3 is 0 Å². The predicted molar refractivity (Wildman–Crippen MR) is 139 cm³/mol. The zero-order chi connectivity index (χ0) is 28.1. The third kappa shape index (κ3) is 6.61. The number of aliphatic hydroxyl groups is 1. The van der Waals surface area contributed by atoms with E-state index in [0.29, 0.717) is 13.0 Å². The number of rotatable bonds is 5. The molecule has 2 aliphatic heterocycles. The van der Waals surface area contributed by atoms with E-state index in [4.69, 9.17) is 4.74 Å². The molecule has 208 valence electrons. The number of hydrogen-bond donors (Lipinski definition) is 5. The lowest BCUT2D eigenvalue weighted by molar-refractivity contribution is -0.143. The molecule has 39 heavy (non-hydrogen) atoms. The molecule has 11 nitrogen and oxygen atoms in total. The normalized spacial score (nSPS) is 30.1. The van der Waals surface area contributed by atoms with Crippen molar-refractivity contribution in [1.82, 2.24) is 20.9 Å². The van der Waals surface area contributed by atoms with Gasteiger partial charge in [-0.2, -0.15) is 0 Å². The van der Waals surface area contributed by atoms with E-state index in [9.17, 15) is 29.4 Å². The monoisotopic (exact) mass is 538 g/mol. The first-order chi connectivity index (χ1) is 18.7.